The Balaban J connectivity index is 3.10. The summed E-state index contributed by atoms with van der Waals surface area (Å²) in [5.41, 5.74) is 0.0590. The van der Waals surface area contributed by atoms with Crippen molar-refractivity contribution in [2.75, 3.05) is 27.0 Å². The van der Waals surface area contributed by atoms with Crippen LogP contribution in [0.4, 0.5) is 0 Å². The lowest BCUT2D eigenvalue weighted by Gasteiger charge is -2.25. The summed E-state index contributed by atoms with van der Waals surface area (Å²) in [4.78, 5) is 12.9. The van der Waals surface area contributed by atoms with Gasteiger partial charge in [-0.15, -0.1) is 0 Å². The van der Waals surface area contributed by atoms with Crippen LogP contribution in [0.2, 0.25) is 0 Å². The average Bonchev–Trinajstić information content (AvgIpc) is 2.42. The predicted octanol–water partition coefficient (Wildman–Crippen LogP) is 4.91. The number of carbonyl (C=O) groups is 1. The second kappa shape index (κ2) is 7.53. The summed E-state index contributed by atoms with van der Waals surface area (Å²) in [7, 11) is -0.0380. The van der Waals surface area contributed by atoms with Crippen LogP contribution in [0.15, 0.2) is 18.2 Å². The Kier molecular flexibility index (Phi) is 6.47. The Morgan fingerprint density at radius 3 is 2.04 bits per heavy atom. The molecule has 0 saturated carbocycles. The zero-order valence-corrected chi connectivity index (χ0v) is 16.2. The van der Waals surface area contributed by atoms with Gasteiger partial charge in [-0.2, -0.15) is 0 Å². The van der Waals surface area contributed by atoms with Crippen LogP contribution in [0.5, 0.6) is 11.5 Å². The molecule has 0 aliphatic heterocycles. The third-order valence-electron chi connectivity index (χ3n) is 3.69. The van der Waals surface area contributed by atoms with Crippen LogP contribution in [0.3, 0.4) is 0 Å². The highest BCUT2D eigenvalue weighted by Crippen LogP contribution is 2.51. The lowest BCUT2D eigenvalue weighted by Crippen LogP contribution is -2.16. The van der Waals surface area contributed by atoms with E-state index in [1.165, 1.54) is 14.2 Å². The molecule has 0 N–H and O–H groups in total. The molecular weight excluding hydrogens is 311 g/mol. The van der Waals surface area contributed by atoms with Gasteiger partial charge >= 0.3 is 0 Å². The molecule has 0 heterocycles. The SMILES string of the molecule is COc1cccc(OC)c1C(=O)P(C)(=O)CC(C)CC(C)(C)C. The molecule has 0 aliphatic rings. The normalized spacial score (nSPS) is 15.6. The minimum absolute atomic E-state index is 0.143. The molecule has 5 heteroatoms. The van der Waals surface area contributed by atoms with E-state index in [9.17, 15) is 9.36 Å². The molecule has 1 rings (SSSR count). The summed E-state index contributed by atoms with van der Waals surface area (Å²) < 4.78 is 23.6. The van der Waals surface area contributed by atoms with Crippen LogP contribution in [0.25, 0.3) is 0 Å². The van der Waals surface area contributed by atoms with E-state index in [0.29, 0.717) is 17.7 Å². The van der Waals surface area contributed by atoms with Crippen molar-refractivity contribution in [2.45, 2.75) is 34.1 Å². The van der Waals surface area contributed by atoms with Gasteiger partial charge in [0.1, 0.15) is 17.1 Å². The topological polar surface area (TPSA) is 52.6 Å². The van der Waals surface area contributed by atoms with Gasteiger partial charge in [0, 0.05) is 6.16 Å². The fourth-order valence-electron chi connectivity index (χ4n) is 3.09. The van der Waals surface area contributed by atoms with Crippen molar-refractivity contribution in [2.24, 2.45) is 11.3 Å². The molecular formula is C18H29O4P. The van der Waals surface area contributed by atoms with Gasteiger partial charge in [0.15, 0.2) is 7.14 Å². The number of ether oxygens (including phenoxy) is 2. The first-order chi connectivity index (χ1) is 10.5. The van der Waals surface area contributed by atoms with Crippen LogP contribution in [-0.2, 0) is 4.57 Å². The Morgan fingerprint density at radius 2 is 1.65 bits per heavy atom. The second-order valence-corrected chi connectivity index (χ2v) is 10.5. The number of carbonyl (C=O) groups excluding carboxylic acids is 1. The Labute approximate surface area is 139 Å². The van der Waals surface area contributed by atoms with E-state index in [1.807, 2.05) is 6.92 Å². The number of methoxy groups -OCH3 is 2. The van der Waals surface area contributed by atoms with Crippen molar-refractivity contribution in [3.8, 4) is 11.5 Å². The number of rotatable bonds is 7. The summed E-state index contributed by atoms with van der Waals surface area (Å²) in [6.07, 6.45) is 1.31. The van der Waals surface area contributed by atoms with Crippen LogP contribution in [0, 0.1) is 11.3 Å². The quantitative estimate of drug-likeness (QED) is 0.662. The maximum absolute atomic E-state index is 13.1. The molecule has 0 amide bonds. The van der Waals surface area contributed by atoms with E-state index in [4.69, 9.17) is 9.47 Å². The first-order valence-electron chi connectivity index (χ1n) is 7.84. The zero-order valence-electron chi connectivity index (χ0n) is 15.3. The Bertz CT molecular complexity index is 579. The molecule has 2 unspecified atom stereocenters. The second-order valence-electron chi connectivity index (χ2n) is 7.50. The van der Waals surface area contributed by atoms with Crippen LogP contribution in [-0.4, -0.2) is 32.6 Å². The summed E-state index contributed by atoms with van der Waals surface area (Å²) in [6.45, 7) is 10.1. The molecule has 0 aromatic heterocycles. The van der Waals surface area contributed by atoms with E-state index >= 15 is 0 Å². The van der Waals surface area contributed by atoms with Crippen molar-refractivity contribution < 1.29 is 18.8 Å². The minimum Gasteiger partial charge on any atom is -0.496 e. The van der Waals surface area contributed by atoms with Crippen molar-refractivity contribution in [3.05, 3.63) is 23.8 Å². The van der Waals surface area contributed by atoms with Crippen molar-refractivity contribution in [1.82, 2.24) is 0 Å². The highest BCUT2D eigenvalue weighted by Gasteiger charge is 2.34. The fourth-order valence-corrected chi connectivity index (χ4v) is 5.26. The number of benzene rings is 1. The molecule has 0 fully saturated rings. The lowest BCUT2D eigenvalue weighted by atomic mass is 9.86. The average molecular weight is 340 g/mol. The minimum atomic E-state index is -3.03. The lowest BCUT2D eigenvalue weighted by molar-refractivity contribution is 0.106. The Morgan fingerprint density at radius 1 is 1.17 bits per heavy atom. The summed E-state index contributed by atoms with van der Waals surface area (Å²) in [6, 6.07) is 5.12. The van der Waals surface area contributed by atoms with Crippen LogP contribution >= 0.6 is 7.14 Å². The third kappa shape index (κ3) is 5.39. The van der Waals surface area contributed by atoms with Gasteiger partial charge in [0.05, 0.1) is 14.2 Å². The smallest absolute Gasteiger partial charge is 0.228 e. The highest BCUT2D eigenvalue weighted by atomic mass is 31.2. The predicted molar refractivity (Wildman–Crippen MR) is 95.5 cm³/mol. The standard InChI is InChI=1S/C18H29O4P/c1-13(11-18(2,3)4)12-23(7,20)17(19)16-14(21-5)9-8-10-15(16)22-6/h8-10,13H,11-12H2,1-7H3. The molecule has 130 valence electrons. The molecule has 1 aromatic rings. The summed E-state index contributed by atoms with van der Waals surface area (Å²) >= 11 is 0. The zero-order chi connectivity index (χ0) is 17.8. The van der Waals surface area contributed by atoms with E-state index < -0.39 is 7.14 Å². The number of hydrogen-bond acceptors (Lipinski definition) is 4. The van der Waals surface area contributed by atoms with Crippen LogP contribution in [0.1, 0.15) is 44.5 Å². The monoisotopic (exact) mass is 340 g/mol. The maximum atomic E-state index is 13.1. The summed E-state index contributed by atoms with van der Waals surface area (Å²) in [5.74, 6) is 1.01. The largest absolute Gasteiger partial charge is 0.496 e. The van der Waals surface area contributed by atoms with E-state index in [1.54, 1.807) is 24.9 Å². The van der Waals surface area contributed by atoms with Gasteiger partial charge in [-0.25, -0.2) is 0 Å². The maximum Gasteiger partial charge on any atom is 0.228 e. The van der Waals surface area contributed by atoms with E-state index in [2.05, 4.69) is 20.8 Å². The molecule has 0 spiro atoms. The van der Waals surface area contributed by atoms with E-state index in [0.717, 1.165) is 6.42 Å². The molecule has 0 radical (unpaired) electrons. The van der Waals surface area contributed by atoms with Crippen molar-refractivity contribution >= 4 is 12.7 Å². The van der Waals surface area contributed by atoms with Crippen molar-refractivity contribution in [3.63, 3.8) is 0 Å². The number of hydrogen-bond donors (Lipinski definition) is 0. The van der Waals surface area contributed by atoms with Gasteiger partial charge in [-0.05, 0) is 36.6 Å². The summed E-state index contributed by atoms with van der Waals surface area (Å²) in [5, 5.41) is 0. The Hall–Kier alpha value is -1.28. The molecule has 0 aliphatic carbocycles. The van der Waals surface area contributed by atoms with Gasteiger partial charge in [0.2, 0.25) is 5.52 Å². The van der Waals surface area contributed by atoms with Gasteiger partial charge in [-0.3, -0.25) is 4.79 Å². The van der Waals surface area contributed by atoms with Crippen LogP contribution < -0.4 is 9.47 Å². The van der Waals surface area contributed by atoms with Gasteiger partial charge in [-0.1, -0.05) is 33.8 Å². The van der Waals surface area contributed by atoms with Crippen molar-refractivity contribution in [1.29, 1.82) is 0 Å². The van der Waals surface area contributed by atoms with E-state index in [-0.39, 0.29) is 22.4 Å². The highest BCUT2D eigenvalue weighted by molar-refractivity contribution is 7.80. The molecule has 23 heavy (non-hydrogen) atoms. The molecule has 0 bridgehead atoms. The van der Waals surface area contributed by atoms with Gasteiger partial charge < -0.3 is 14.0 Å². The first-order valence-corrected chi connectivity index (χ1v) is 10.2. The molecule has 0 saturated heterocycles. The van der Waals surface area contributed by atoms with Gasteiger partial charge in [0.25, 0.3) is 0 Å². The first kappa shape index (κ1) is 19.8. The molecule has 1 aromatic carbocycles. The third-order valence-corrected chi connectivity index (χ3v) is 6.10. The molecule has 4 nitrogen and oxygen atoms in total. The fraction of sp³-hybridized carbons (Fsp3) is 0.611. The molecule has 2 atom stereocenters.